The van der Waals surface area contributed by atoms with Gasteiger partial charge >= 0.3 is 0 Å². The summed E-state index contributed by atoms with van der Waals surface area (Å²) in [6.07, 6.45) is 4.55. The van der Waals surface area contributed by atoms with Crippen LogP contribution in [0, 0.1) is 6.92 Å². The molecule has 1 heterocycles. The Balaban J connectivity index is 1.75. The van der Waals surface area contributed by atoms with Gasteiger partial charge in [-0.25, -0.2) is 0 Å². The molecule has 4 heteroatoms. The van der Waals surface area contributed by atoms with E-state index in [0.717, 1.165) is 32.4 Å². The van der Waals surface area contributed by atoms with E-state index in [2.05, 4.69) is 50.4 Å². The Labute approximate surface area is 145 Å². The number of aryl methyl sites for hydroxylation is 1. The third-order valence-corrected chi connectivity index (χ3v) is 4.96. The lowest BCUT2D eigenvalue weighted by atomic mass is 9.80. The van der Waals surface area contributed by atoms with Crippen molar-refractivity contribution in [3.05, 3.63) is 35.4 Å². The third-order valence-electron chi connectivity index (χ3n) is 4.96. The Hall–Kier alpha value is -1.84. The van der Waals surface area contributed by atoms with Gasteiger partial charge in [0.1, 0.15) is 0 Å². The molecule has 2 amide bonds. The Kier molecular flexibility index (Phi) is 6.41. The molecule has 0 saturated carbocycles. The molecular formula is C20H30N2O2. The van der Waals surface area contributed by atoms with Crippen LogP contribution in [0.25, 0.3) is 0 Å². The summed E-state index contributed by atoms with van der Waals surface area (Å²) in [6.45, 7) is 8.17. The number of nitrogens with one attached hydrogen (secondary N) is 1. The first-order valence-electron chi connectivity index (χ1n) is 9.00. The van der Waals surface area contributed by atoms with Crippen molar-refractivity contribution in [1.82, 2.24) is 10.2 Å². The maximum absolute atomic E-state index is 12.1. The molecule has 0 aliphatic carbocycles. The first-order valence-corrected chi connectivity index (χ1v) is 9.00. The van der Waals surface area contributed by atoms with E-state index in [1.807, 2.05) is 4.90 Å². The fraction of sp³-hybridized carbons (Fsp3) is 0.600. The van der Waals surface area contributed by atoms with Crippen LogP contribution in [-0.4, -0.2) is 36.3 Å². The van der Waals surface area contributed by atoms with Crippen LogP contribution >= 0.6 is 0 Å². The summed E-state index contributed by atoms with van der Waals surface area (Å²) in [5.74, 6) is 0.00129. The van der Waals surface area contributed by atoms with E-state index >= 15 is 0 Å². The number of piperidine rings is 1. The number of hydrogen-bond donors (Lipinski definition) is 1. The van der Waals surface area contributed by atoms with Crippen LogP contribution in [0.5, 0.6) is 0 Å². The zero-order valence-electron chi connectivity index (χ0n) is 15.2. The van der Waals surface area contributed by atoms with Crippen molar-refractivity contribution in [1.29, 1.82) is 0 Å². The highest BCUT2D eigenvalue weighted by Gasteiger charge is 2.22. The fourth-order valence-corrected chi connectivity index (χ4v) is 3.09. The molecular weight excluding hydrogens is 300 g/mol. The van der Waals surface area contributed by atoms with Crippen molar-refractivity contribution in [2.24, 2.45) is 0 Å². The predicted octanol–water partition coefficient (Wildman–Crippen LogP) is 3.18. The maximum atomic E-state index is 12.1. The number of benzene rings is 1. The molecule has 1 saturated heterocycles. The summed E-state index contributed by atoms with van der Waals surface area (Å²) < 4.78 is 0. The van der Waals surface area contributed by atoms with Gasteiger partial charge in [-0.05, 0) is 43.6 Å². The molecule has 1 N–H and O–H groups in total. The molecule has 4 nitrogen and oxygen atoms in total. The van der Waals surface area contributed by atoms with Crippen molar-refractivity contribution >= 4 is 11.8 Å². The standard InChI is InChI=1S/C20H30N2O2/c1-16-7-9-17(10-8-16)20(2,3)12-11-18(23)21-15-19(24)22-13-5-4-6-14-22/h7-10H,4-6,11-15H2,1-3H3,(H,21,23). The van der Waals surface area contributed by atoms with Crippen LogP contribution in [0.4, 0.5) is 0 Å². The van der Waals surface area contributed by atoms with Crippen LogP contribution in [0.15, 0.2) is 24.3 Å². The first kappa shape index (κ1) is 18.5. The Morgan fingerprint density at radius 1 is 1.08 bits per heavy atom. The molecule has 1 aliphatic heterocycles. The number of likely N-dealkylation sites (tertiary alicyclic amines) is 1. The lowest BCUT2D eigenvalue weighted by Gasteiger charge is -2.27. The molecule has 1 aromatic carbocycles. The van der Waals surface area contributed by atoms with Gasteiger partial charge in [0.15, 0.2) is 0 Å². The van der Waals surface area contributed by atoms with Crippen LogP contribution in [0.1, 0.15) is 57.1 Å². The van der Waals surface area contributed by atoms with Crippen molar-refractivity contribution in [2.75, 3.05) is 19.6 Å². The lowest BCUT2D eigenvalue weighted by molar-refractivity contribution is -0.133. The molecule has 0 aromatic heterocycles. The lowest BCUT2D eigenvalue weighted by Crippen LogP contribution is -2.42. The van der Waals surface area contributed by atoms with Crippen molar-refractivity contribution in [3.8, 4) is 0 Å². The molecule has 0 spiro atoms. The summed E-state index contributed by atoms with van der Waals surface area (Å²) in [7, 11) is 0. The van der Waals surface area contributed by atoms with Crippen LogP contribution < -0.4 is 5.32 Å². The normalized spacial score (nSPS) is 15.2. The fourth-order valence-electron chi connectivity index (χ4n) is 3.09. The van der Waals surface area contributed by atoms with Crippen molar-refractivity contribution in [2.45, 2.75) is 58.3 Å². The highest BCUT2D eigenvalue weighted by atomic mass is 16.2. The van der Waals surface area contributed by atoms with Gasteiger partial charge in [0, 0.05) is 19.5 Å². The largest absolute Gasteiger partial charge is 0.347 e. The molecule has 2 rings (SSSR count). The van der Waals surface area contributed by atoms with E-state index in [4.69, 9.17) is 0 Å². The second-order valence-corrected chi connectivity index (χ2v) is 7.47. The van der Waals surface area contributed by atoms with E-state index in [0.29, 0.717) is 6.42 Å². The number of nitrogens with zero attached hydrogens (tertiary/aromatic N) is 1. The van der Waals surface area contributed by atoms with Crippen LogP contribution in [0.3, 0.4) is 0 Å². The highest BCUT2D eigenvalue weighted by molar-refractivity contribution is 5.84. The minimum absolute atomic E-state index is 0.0412. The summed E-state index contributed by atoms with van der Waals surface area (Å²) >= 11 is 0. The van der Waals surface area contributed by atoms with Crippen LogP contribution in [0.2, 0.25) is 0 Å². The smallest absolute Gasteiger partial charge is 0.241 e. The van der Waals surface area contributed by atoms with E-state index in [9.17, 15) is 9.59 Å². The van der Waals surface area contributed by atoms with Gasteiger partial charge in [0.05, 0.1) is 6.54 Å². The molecule has 0 bridgehead atoms. The topological polar surface area (TPSA) is 49.4 Å². The Morgan fingerprint density at radius 2 is 1.71 bits per heavy atom. The quantitative estimate of drug-likeness (QED) is 0.871. The summed E-state index contributed by atoms with van der Waals surface area (Å²) in [5, 5.41) is 2.78. The van der Waals surface area contributed by atoms with E-state index < -0.39 is 0 Å². The van der Waals surface area contributed by atoms with E-state index in [1.165, 1.54) is 17.5 Å². The number of carbonyl (C=O) groups excluding carboxylic acids is 2. The summed E-state index contributed by atoms with van der Waals surface area (Å²) in [5.41, 5.74) is 2.43. The molecule has 1 fully saturated rings. The minimum atomic E-state index is -0.0537. The Bertz CT molecular complexity index is 558. The zero-order chi connectivity index (χ0) is 17.6. The highest BCUT2D eigenvalue weighted by Crippen LogP contribution is 2.28. The summed E-state index contributed by atoms with van der Waals surface area (Å²) in [6, 6.07) is 8.48. The SMILES string of the molecule is Cc1ccc(C(C)(C)CCC(=O)NCC(=O)N2CCCCC2)cc1. The predicted molar refractivity (Wildman–Crippen MR) is 96.9 cm³/mol. The van der Waals surface area contributed by atoms with E-state index in [-0.39, 0.29) is 23.8 Å². The zero-order valence-corrected chi connectivity index (χ0v) is 15.2. The maximum Gasteiger partial charge on any atom is 0.241 e. The van der Waals surface area contributed by atoms with Gasteiger partial charge in [-0.1, -0.05) is 43.7 Å². The Morgan fingerprint density at radius 3 is 2.33 bits per heavy atom. The van der Waals surface area contributed by atoms with Gasteiger partial charge in [-0.3, -0.25) is 9.59 Å². The number of amides is 2. The second-order valence-electron chi connectivity index (χ2n) is 7.47. The van der Waals surface area contributed by atoms with Crippen molar-refractivity contribution in [3.63, 3.8) is 0 Å². The van der Waals surface area contributed by atoms with Crippen LogP contribution in [-0.2, 0) is 15.0 Å². The first-order chi connectivity index (χ1) is 11.4. The number of carbonyl (C=O) groups is 2. The molecule has 0 radical (unpaired) electrons. The third kappa shape index (κ3) is 5.36. The van der Waals surface area contributed by atoms with Gasteiger partial charge in [-0.15, -0.1) is 0 Å². The monoisotopic (exact) mass is 330 g/mol. The number of hydrogen-bond acceptors (Lipinski definition) is 2. The van der Waals surface area contributed by atoms with Gasteiger partial charge < -0.3 is 10.2 Å². The minimum Gasteiger partial charge on any atom is -0.347 e. The second kappa shape index (κ2) is 8.32. The number of rotatable bonds is 6. The summed E-state index contributed by atoms with van der Waals surface area (Å²) in [4.78, 5) is 26.0. The molecule has 24 heavy (non-hydrogen) atoms. The van der Waals surface area contributed by atoms with Gasteiger partial charge in [-0.2, -0.15) is 0 Å². The van der Waals surface area contributed by atoms with Crippen molar-refractivity contribution < 1.29 is 9.59 Å². The van der Waals surface area contributed by atoms with E-state index in [1.54, 1.807) is 0 Å². The average molecular weight is 330 g/mol. The molecule has 0 atom stereocenters. The molecule has 1 aliphatic rings. The van der Waals surface area contributed by atoms with Gasteiger partial charge in [0.25, 0.3) is 0 Å². The van der Waals surface area contributed by atoms with Gasteiger partial charge in [0.2, 0.25) is 11.8 Å². The molecule has 1 aromatic rings. The molecule has 0 unspecified atom stereocenters. The average Bonchev–Trinajstić information content (AvgIpc) is 2.59. The molecule has 132 valence electrons.